The molecule has 0 aliphatic rings. The van der Waals surface area contributed by atoms with Crippen molar-refractivity contribution in [1.29, 1.82) is 0 Å². The smallest absolute Gasteiger partial charge is 0.0591 e. The fraction of sp³-hybridized carbons (Fsp3) is 0.647. The molecule has 0 saturated heterocycles. The molecular formula is C17H27BrO. The van der Waals surface area contributed by atoms with E-state index in [-0.39, 0.29) is 0 Å². The fourth-order valence-electron chi connectivity index (χ4n) is 2.28. The normalized spacial score (nSPS) is 11.8. The Morgan fingerprint density at radius 3 is 2.32 bits per heavy atom. The number of aryl methyl sites for hydroxylation is 2. The van der Waals surface area contributed by atoms with E-state index in [1.807, 2.05) is 13.8 Å². The van der Waals surface area contributed by atoms with Crippen LogP contribution in [-0.4, -0.2) is 10.7 Å². The zero-order valence-electron chi connectivity index (χ0n) is 12.5. The highest BCUT2D eigenvalue weighted by atomic mass is 79.9. The Balaban J connectivity index is 2.09. The highest BCUT2D eigenvalue weighted by Gasteiger charge is 2.10. The summed E-state index contributed by atoms with van der Waals surface area (Å²) in [5.74, 6) is 0. The van der Waals surface area contributed by atoms with Crippen molar-refractivity contribution >= 4 is 15.9 Å². The summed E-state index contributed by atoms with van der Waals surface area (Å²) in [5.41, 5.74) is 2.27. The monoisotopic (exact) mass is 326 g/mol. The summed E-state index contributed by atoms with van der Waals surface area (Å²) in [4.78, 5) is 0. The van der Waals surface area contributed by atoms with Gasteiger partial charge in [-0.15, -0.1) is 0 Å². The van der Waals surface area contributed by atoms with Gasteiger partial charge in [0.1, 0.15) is 0 Å². The molecular weight excluding hydrogens is 300 g/mol. The van der Waals surface area contributed by atoms with E-state index in [9.17, 15) is 5.11 Å². The summed E-state index contributed by atoms with van der Waals surface area (Å²) < 4.78 is 1.20. The zero-order chi connectivity index (χ0) is 14.3. The molecule has 0 saturated carbocycles. The van der Waals surface area contributed by atoms with Crippen LogP contribution in [0.15, 0.2) is 22.7 Å². The SMILES string of the molecule is Cc1cc(CCCCCCCC(C)(C)O)ccc1Br. The van der Waals surface area contributed by atoms with Crippen molar-refractivity contribution in [2.24, 2.45) is 0 Å². The van der Waals surface area contributed by atoms with Gasteiger partial charge in [-0.2, -0.15) is 0 Å². The minimum absolute atomic E-state index is 0.491. The summed E-state index contributed by atoms with van der Waals surface area (Å²) >= 11 is 3.54. The largest absolute Gasteiger partial charge is 0.390 e. The molecule has 0 amide bonds. The molecule has 0 heterocycles. The van der Waals surface area contributed by atoms with Crippen molar-refractivity contribution < 1.29 is 5.11 Å². The quantitative estimate of drug-likeness (QED) is 0.633. The van der Waals surface area contributed by atoms with Crippen molar-refractivity contribution in [3.63, 3.8) is 0 Å². The Labute approximate surface area is 126 Å². The zero-order valence-corrected chi connectivity index (χ0v) is 14.1. The van der Waals surface area contributed by atoms with Gasteiger partial charge in [0.25, 0.3) is 0 Å². The van der Waals surface area contributed by atoms with E-state index >= 15 is 0 Å². The van der Waals surface area contributed by atoms with Crippen LogP contribution in [0.3, 0.4) is 0 Å². The van der Waals surface area contributed by atoms with Gasteiger partial charge in [-0.05, 0) is 57.2 Å². The molecule has 0 spiro atoms. The van der Waals surface area contributed by atoms with Gasteiger partial charge in [-0.1, -0.05) is 53.7 Å². The molecule has 1 aromatic carbocycles. The summed E-state index contributed by atoms with van der Waals surface area (Å²) in [6.45, 7) is 5.93. The van der Waals surface area contributed by atoms with Gasteiger partial charge in [0.2, 0.25) is 0 Å². The first kappa shape index (κ1) is 16.7. The van der Waals surface area contributed by atoms with Gasteiger partial charge >= 0.3 is 0 Å². The second-order valence-electron chi connectivity index (χ2n) is 6.16. The van der Waals surface area contributed by atoms with Gasteiger partial charge in [0, 0.05) is 4.47 Å². The van der Waals surface area contributed by atoms with Crippen LogP contribution in [0.5, 0.6) is 0 Å². The summed E-state index contributed by atoms with van der Waals surface area (Å²) in [6, 6.07) is 6.64. The van der Waals surface area contributed by atoms with Crippen LogP contribution in [0, 0.1) is 6.92 Å². The fourth-order valence-corrected chi connectivity index (χ4v) is 2.53. The van der Waals surface area contributed by atoms with Crippen LogP contribution in [0.4, 0.5) is 0 Å². The van der Waals surface area contributed by atoms with Crippen LogP contribution >= 0.6 is 15.9 Å². The molecule has 0 aliphatic carbocycles. The van der Waals surface area contributed by atoms with Crippen LogP contribution in [0.2, 0.25) is 0 Å². The van der Waals surface area contributed by atoms with Crippen molar-refractivity contribution in [2.45, 2.75) is 71.3 Å². The van der Waals surface area contributed by atoms with Gasteiger partial charge in [0.15, 0.2) is 0 Å². The Bertz CT molecular complexity index is 379. The van der Waals surface area contributed by atoms with Crippen molar-refractivity contribution in [3.8, 4) is 0 Å². The predicted molar refractivity (Wildman–Crippen MR) is 86.6 cm³/mol. The average molecular weight is 327 g/mol. The lowest BCUT2D eigenvalue weighted by Crippen LogP contribution is -2.17. The third kappa shape index (κ3) is 7.74. The maximum atomic E-state index is 9.61. The van der Waals surface area contributed by atoms with E-state index in [1.165, 1.54) is 47.7 Å². The van der Waals surface area contributed by atoms with Gasteiger partial charge in [-0.25, -0.2) is 0 Å². The molecule has 1 nitrogen and oxygen atoms in total. The highest BCUT2D eigenvalue weighted by molar-refractivity contribution is 9.10. The standard InChI is InChI=1S/C17H27BrO/c1-14-13-15(10-11-16(14)18)9-7-5-4-6-8-12-17(2,3)19/h10-11,13,19H,4-9,12H2,1-3H3. The van der Waals surface area contributed by atoms with Crippen molar-refractivity contribution in [1.82, 2.24) is 0 Å². The number of aliphatic hydroxyl groups is 1. The molecule has 19 heavy (non-hydrogen) atoms. The number of rotatable bonds is 8. The minimum atomic E-state index is -0.491. The van der Waals surface area contributed by atoms with E-state index in [0.717, 1.165) is 12.8 Å². The van der Waals surface area contributed by atoms with Gasteiger partial charge in [0.05, 0.1) is 5.60 Å². The van der Waals surface area contributed by atoms with E-state index in [4.69, 9.17) is 0 Å². The maximum absolute atomic E-state index is 9.61. The Kier molecular flexibility index (Phi) is 7.09. The lowest BCUT2D eigenvalue weighted by Gasteiger charge is -2.16. The molecule has 0 radical (unpaired) electrons. The summed E-state index contributed by atoms with van der Waals surface area (Å²) in [7, 11) is 0. The molecule has 0 aromatic heterocycles. The number of hydrogen-bond acceptors (Lipinski definition) is 1. The van der Waals surface area contributed by atoms with Crippen LogP contribution in [0.1, 0.15) is 63.5 Å². The molecule has 0 aliphatic heterocycles. The predicted octanol–water partition coefficient (Wildman–Crippen LogP) is 5.41. The third-order valence-corrected chi connectivity index (χ3v) is 4.37. The molecule has 1 rings (SSSR count). The molecule has 0 bridgehead atoms. The summed E-state index contributed by atoms with van der Waals surface area (Å²) in [6.07, 6.45) is 8.32. The Morgan fingerprint density at radius 2 is 1.68 bits per heavy atom. The molecule has 0 fully saturated rings. The van der Waals surface area contributed by atoms with E-state index in [2.05, 4.69) is 41.1 Å². The van der Waals surface area contributed by atoms with Crippen LogP contribution < -0.4 is 0 Å². The third-order valence-electron chi connectivity index (χ3n) is 3.48. The van der Waals surface area contributed by atoms with E-state index in [1.54, 1.807) is 0 Å². The minimum Gasteiger partial charge on any atom is -0.390 e. The van der Waals surface area contributed by atoms with Crippen LogP contribution in [-0.2, 0) is 6.42 Å². The summed E-state index contributed by atoms with van der Waals surface area (Å²) in [5, 5.41) is 9.61. The highest BCUT2D eigenvalue weighted by Crippen LogP contribution is 2.19. The molecule has 0 atom stereocenters. The average Bonchev–Trinajstić information content (AvgIpc) is 2.31. The Morgan fingerprint density at radius 1 is 1.05 bits per heavy atom. The molecule has 1 aromatic rings. The topological polar surface area (TPSA) is 20.2 Å². The number of hydrogen-bond donors (Lipinski definition) is 1. The molecule has 2 heteroatoms. The first-order chi connectivity index (χ1) is 8.88. The molecule has 108 valence electrons. The van der Waals surface area contributed by atoms with Gasteiger partial charge in [-0.3, -0.25) is 0 Å². The molecule has 1 N–H and O–H groups in total. The van der Waals surface area contributed by atoms with Gasteiger partial charge < -0.3 is 5.11 Å². The van der Waals surface area contributed by atoms with Crippen molar-refractivity contribution in [3.05, 3.63) is 33.8 Å². The van der Waals surface area contributed by atoms with E-state index < -0.39 is 5.60 Å². The number of halogens is 1. The maximum Gasteiger partial charge on any atom is 0.0591 e. The first-order valence-electron chi connectivity index (χ1n) is 7.36. The molecule has 0 unspecified atom stereocenters. The second-order valence-corrected chi connectivity index (χ2v) is 7.02. The lowest BCUT2D eigenvalue weighted by molar-refractivity contribution is 0.0680. The van der Waals surface area contributed by atoms with Crippen LogP contribution in [0.25, 0.3) is 0 Å². The lowest BCUT2D eigenvalue weighted by atomic mass is 9.99. The number of unbranched alkanes of at least 4 members (excludes halogenated alkanes) is 4. The van der Waals surface area contributed by atoms with Crippen molar-refractivity contribution in [2.75, 3.05) is 0 Å². The Hall–Kier alpha value is -0.340. The number of benzene rings is 1. The first-order valence-corrected chi connectivity index (χ1v) is 8.15. The van der Waals surface area contributed by atoms with E-state index in [0.29, 0.717) is 0 Å². The second kappa shape index (κ2) is 8.06.